The first-order chi connectivity index (χ1) is 4.74. The van der Waals surface area contributed by atoms with E-state index in [9.17, 15) is 5.11 Å². The molecule has 0 aliphatic carbocycles. The summed E-state index contributed by atoms with van der Waals surface area (Å²) in [6.45, 7) is 0.458. The van der Waals surface area contributed by atoms with Crippen molar-refractivity contribution in [3.8, 4) is 0 Å². The van der Waals surface area contributed by atoms with Crippen molar-refractivity contribution in [2.24, 2.45) is 5.92 Å². The fourth-order valence-electron chi connectivity index (χ4n) is 1.11. The highest BCUT2D eigenvalue weighted by atomic mass is 16.3. The molecule has 1 aliphatic rings. The Balaban J connectivity index is 2.36. The van der Waals surface area contributed by atoms with E-state index >= 15 is 0 Å². The highest BCUT2D eigenvalue weighted by molar-refractivity contribution is 4.78. The van der Waals surface area contributed by atoms with Crippen molar-refractivity contribution in [3.63, 3.8) is 0 Å². The van der Waals surface area contributed by atoms with Crippen LogP contribution in [-0.4, -0.2) is 40.8 Å². The fraction of sp³-hybridized carbons (Fsp3) is 1.00. The average Bonchev–Trinajstić information content (AvgIpc) is 1.88. The third-order valence-corrected chi connectivity index (χ3v) is 1.86. The lowest BCUT2D eigenvalue weighted by Gasteiger charge is -2.30. The van der Waals surface area contributed by atoms with Gasteiger partial charge in [-0.25, -0.2) is 0 Å². The van der Waals surface area contributed by atoms with Crippen LogP contribution in [0.3, 0.4) is 0 Å². The summed E-state index contributed by atoms with van der Waals surface area (Å²) in [7, 11) is 0. The molecule has 4 N–H and O–H groups in total. The van der Waals surface area contributed by atoms with Gasteiger partial charge in [0.1, 0.15) is 6.23 Å². The molecule has 1 heterocycles. The summed E-state index contributed by atoms with van der Waals surface area (Å²) in [4.78, 5) is 0. The number of hydrogen-bond donors (Lipinski definition) is 4. The van der Waals surface area contributed by atoms with Gasteiger partial charge in [-0.05, 0) is 0 Å². The van der Waals surface area contributed by atoms with Gasteiger partial charge in [0.2, 0.25) is 0 Å². The third kappa shape index (κ3) is 1.67. The molecule has 1 saturated heterocycles. The predicted octanol–water partition coefficient (Wildman–Crippen LogP) is -1.73. The highest BCUT2D eigenvalue weighted by Gasteiger charge is 2.26. The zero-order chi connectivity index (χ0) is 7.56. The summed E-state index contributed by atoms with van der Waals surface area (Å²) in [5.74, 6) is -0.122. The van der Waals surface area contributed by atoms with E-state index in [0.29, 0.717) is 13.0 Å². The van der Waals surface area contributed by atoms with Crippen LogP contribution >= 0.6 is 0 Å². The minimum atomic E-state index is -0.613. The zero-order valence-electron chi connectivity index (χ0n) is 5.70. The molecule has 0 aromatic carbocycles. The van der Waals surface area contributed by atoms with Gasteiger partial charge in [0.15, 0.2) is 0 Å². The van der Waals surface area contributed by atoms with Crippen molar-refractivity contribution >= 4 is 0 Å². The van der Waals surface area contributed by atoms with Crippen molar-refractivity contribution < 1.29 is 15.3 Å². The Hall–Kier alpha value is -0.160. The third-order valence-electron chi connectivity index (χ3n) is 1.86. The number of aliphatic hydroxyl groups excluding tert-OH is 3. The summed E-state index contributed by atoms with van der Waals surface area (Å²) >= 11 is 0. The van der Waals surface area contributed by atoms with Gasteiger partial charge < -0.3 is 15.3 Å². The van der Waals surface area contributed by atoms with E-state index in [-0.39, 0.29) is 12.5 Å². The highest BCUT2D eigenvalue weighted by Crippen LogP contribution is 2.12. The minimum Gasteiger partial charge on any atom is -0.396 e. The summed E-state index contributed by atoms with van der Waals surface area (Å²) < 4.78 is 0. The zero-order valence-corrected chi connectivity index (χ0v) is 5.70. The molecule has 4 heteroatoms. The van der Waals surface area contributed by atoms with Gasteiger partial charge in [-0.1, -0.05) is 0 Å². The van der Waals surface area contributed by atoms with Crippen LogP contribution < -0.4 is 5.32 Å². The Kier molecular flexibility index (Phi) is 2.62. The van der Waals surface area contributed by atoms with Gasteiger partial charge in [-0.15, -0.1) is 0 Å². The van der Waals surface area contributed by atoms with Crippen molar-refractivity contribution in [3.05, 3.63) is 0 Å². The van der Waals surface area contributed by atoms with Crippen LogP contribution in [0, 0.1) is 5.92 Å². The van der Waals surface area contributed by atoms with E-state index in [1.165, 1.54) is 0 Å². The number of piperidine rings is 1. The summed E-state index contributed by atoms with van der Waals surface area (Å²) in [6, 6.07) is 0. The van der Waals surface area contributed by atoms with E-state index in [2.05, 4.69) is 5.32 Å². The minimum absolute atomic E-state index is 0.0269. The Morgan fingerprint density at radius 3 is 2.60 bits per heavy atom. The molecule has 1 fully saturated rings. The molecule has 0 radical (unpaired) electrons. The molecule has 1 rings (SSSR count). The molecule has 4 nitrogen and oxygen atoms in total. The number of nitrogens with one attached hydrogen (secondary N) is 1. The van der Waals surface area contributed by atoms with Crippen LogP contribution in [0.4, 0.5) is 0 Å². The van der Waals surface area contributed by atoms with Crippen LogP contribution in [-0.2, 0) is 0 Å². The standard InChI is InChI=1S/C6H13NO3/c8-3-4-2-7-6(10)1-5(4)9/h4-10H,1-3H2. The van der Waals surface area contributed by atoms with Gasteiger partial charge in [0.25, 0.3) is 0 Å². The second-order valence-corrected chi connectivity index (χ2v) is 2.67. The van der Waals surface area contributed by atoms with Gasteiger partial charge in [-0.3, -0.25) is 5.32 Å². The monoisotopic (exact) mass is 147 g/mol. The van der Waals surface area contributed by atoms with Crippen LogP contribution in [0.25, 0.3) is 0 Å². The van der Waals surface area contributed by atoms with Crippen molar-refractivity contribution in [2.75, 3.05) is 13.2 Å². The number of aliphatic hydroxyl groups is 3. The molecule has 0 aromatic rings. The lowest BCUT2D eigenvalue weighted by Crippen LogP contribution is -2.47. The summed E-state index contributed by atoms with van der Waals surface area (Å²) in [6.07, 6.45) is -0.871. The first kappa shape index (κ1) is 7.94. The lowest BCUT2D eigenvalue weighted by atomic mass is 9.96. The first-order valence-corrected chi connectivity index (χ1v) is 3.44. The molecule has 0 aromatic heterocycles. The normalized spacial score (nSPS) is 41.7. The van der Waals surface area contributed by atoms with Crippen LogP contribution in [0.2, 0.25) is 0 Å². The van der Waals surface area contributed by atoms with E-state index < -0.39 is 12.3 Å². The lowest BCUT2D eigenvalue weighted by molar-refractivity contribution is -0.0234. The Labute approximate surface area is 59.5 Å². The topological polar surface area (TPSA) is 72.7 Å². The molecule has 0 saturated carbocycles. The Bertz CT molecular complexity index is 109. The van der Waals surface area contributed by atoms with Gasteiger partial charge in [-0.2, -0.15) is 0 Å². The molecule has 3 atom stereocenters. The molecular weight excluding hydrogens is 134 g/mol. The fourth-order valence-corrected chi connectivity index (χ4v) is 1.11. The summed E-state index contributed by atoms with van der Waals surface area (Å²) in [5.41, 5.74) is 0. The molecule has 1 aliphatic heterocycles. The second kappa shape index (κ2) is 3.30. The van der Waals surface area contributed by atoms with Crippen molar-refractivity contribution in [1.82, 2.24) is 5.32 Å². The van der Waals surface area contributed by atoms with Gasteiger partial charge >= 0.3 is 0 Å². The largest absolute Gasteiger partial charge is 0.396 e. The molecule has 0 spiro atoms. The molecule has 0 amide bonds. The quantitative estimate of drug-likeness (QED) is 0.355. The SMILES string of the molecule is OCC1CNC(O)CC1O. The van der Waals surface area contributed by atoms with Crippen LogP contribution in [0.5, 0.6) is 0 Å². The van der Waals surface area contributed by atoms with Gasteiger partial charge in [0.05, 0.1) is 6.10 Å². The van der Waals surface area contributed by atoms with Crippen LogP contribution in [0.15, 0.2) is 0 Å². The van der Waals surface area contributed by atoms with Crippen molar-refractivity contribution in [1.29, 1.82) is 0 Å². The Morgan fingerprint density at radius 2 is 2.10 bits per heavy atom. The summed E-state index contributed by atoms with van der Waals surface area (Å²) in [5, 5.41) is 29.5. The smallest absolute Gasteiger partial charge is 0.107 e. The number of rotatable bonds is 1. The van der Waals surface area contributed by atoms with E-state index in [0.717, 1.165) is 0 Å². The Morgan fingerprint density at radius 1 is 1.40 bits per heavy atom. The molecule has 10 heavy (non-hydrogen) atoms. The molecule has 60 valence electrons. The van der Waals surface area contributed by atoms with Crippen molar-refractivity contribution in [2.45, 2.75) is 18.8 Å². The maximum Gasteiger partial charge on any atom is 0.107 e. The maximum absolute atomic E-state index is 9.18. The maximum atomic E-state index is 9.18. The van der Waals surface area contributed by atoms with E-state index in [1.54, 1.807) is 0 Å². The van der Waals surface area contributed by atoms with Crippen LogP contribution in [0.1, 0.15) is 6.42 Å². The second-order valence-electron chi connectivity index (χ2n) is 2.67. The predicted molar refractivity (Wildman–Crippen MR) is 35.2 cm³/mol. The van der Waals surface area contributed by atoms with E-state index in [4.69, 9.17) is 10.2 Å². The molecular formula is C6H13NO3. The number of hydrogen-bond acceptors (Lipinski definition) is 4. The van der Waals surface area contributed by atoms with E-state index in [1.807, 2.05) is 0 Å². The van der Waals surface area contributed by atoms with Gasteiger partial charge in [0, 0.05) is 25.5 Å². The first-order valence-electron chi connectivity index (χ1n) is 3.44. The molecule has 0 bridgehead atoms. The molecule has 3 unspecified atom stereocenters. The average molecular weight is 147 g/mol.